The molecule has 2 N–H and O–H groups in total. The van der Waals surface area contributed by atoms with E-state index in [0.29, 0.717) is 20.9 Å². The number of carbonyl (C=O) groups excluding carboxylic acids is 1. The molecule has 0 saturated carbocycles. The molecule has 9 heteroatoms. The molecule has 2 aromatic carbocycles. The third-order valence-corrected chi connectivity index (χ3v) is 5.92. The predicted octanol–water partition coefficient (Wildman–Crippen LogP) is 4.20. The molecule has 1 unspecified atom stereocenters. The van der Waals surface area contributed by atoms with Crippen molar-refractivity contribution in [1.29, 1.82) is 0 Å². The van der Waals surface area contributed by atoms with Crippen LogP contribution in [0.15, 0.2) is 51.8 Å². The average molecular weight is 476 g/mol. The van der Waals surface area contributed by atoms with Crippen LogP contribution in [0.2, 0.25) is 5.02 Å². The first-order valence-corrected chi connectivity index (χ1v) is 10.8. The Morgan fingerprint density at radius 2 is 1.74 bits per heavy atom. The van der Waals surface area contributed by atoms with Crippen molar-refractivity contribution >= 4 is 49.1 Å². The van der Waals surface area contributed by atoms with Gasteiger partial charge in [-0.15, -0.1) is 0 Å². The van der Waals surface area contributed by atoms with E-state index >= 15 is 0 Å². The number of halogens is 2. The third kappa shape index (κ3) is 6.21. The Balaban J connectivity index is 2.02. The molecular weight excluding hydrogens is 456 g/mol. The van der Waals surface area contributed by atoms with Crippen LogP contribution in [0.5, 0.6) is 5.75 Å². The smallest absolute Gasteiger partial charge is 0.265 e. The predicted molar refractivity (Wildman–Crippen MR) is 110 cm³/mol. The second-order valence-corrected chi connectivity index (χ2v) is 9.13. The van der Waals surface area contributed by atoms with Crippen LogP contribution in [0.4, 0.5) is 5.69 Å². The van der Waals surface area contributed by atoms with E-state index < -0.39 is 16.1 Å². The maximum Gasteiger partial charge on any atom is 0.265 e. The first kappa shape index (κ1) is 21.7. The zero-order valence-corrected chi connectivity index (χ0v) is 18.2. The second kappa shape index (κ2) is 9.05. The molecule has 2 aromatic rings. The minimum atomic E-state index is -3.57. The zero-order valence-electron chi connectivity index (χ0n) is 15.0. The Labute approximate surface area is 172 Å². The molecule has 0 spiro atoms. The summed E-state index contributed by atoms with van der Waals surface area (Å²) in [5, 5.41) is 3.24. The van der Waals surface area contributed by atoms with Gasteiger partial charge in [0.2, 0.25) is 10.0 Å². The van der Waals surface area contributed by atoms with Gasteiger partial charge in [-0.2, -0.15) is 0 Å². The van der Waals surface area contributed by atoms with Crippen LogP contribution in [-0.4, -0.2) is 26.5 Å². The number of rotatable bonds is 7. The van der Waals surface area contributed by atoms with Gasteiger partial charge in [0.1, 0.15) is 5.75 Å². The number of ether oxygens (including phenoxy) is 1. The molecule has 27 heavy (non-hydrogen) atoms. The Kier molecular flexibility index (Phi) is 7.27. The van der Waals surface area contributed by atoms with E-state index in [4.69, 9.17) is 16.3 Å². The summed E-state index contributed by atoms with van der Waals surface area (Å²) in [7, 11) is -3.57. The van der Waals surface area contributed by atoms with Crippen molar-refractivity contribution in [2.45, 2.75) is 37.8 Å². The van der Waals surface area contributed by atoms with Gasteiger partial charge in [0.25, 0.3) is 5.91 Å². The summed E-state index contributed by atoms with van der Waals surface area (Å²) >= 11 is 9.21. The molecule has 1 amide bonds. The van der Waals surface area contributed by atoms with Crippen molar-refractivity contribution in [3.05, 3.63) is 52.0 Å². The highest BCUT2D eigenvalue weighted by Gasteiger charge is 2.18. The summed E-state index contributed by atoms with van der Waals surface area (Å²) in [6.07, 6.45) is -0.770. The van der Waals surface area contributed by atoms with Crippen molar-refractivity contribution in [2.75, 3.05) is 5.32 Å². The van der Waals surface area contributed by atoms with E-state index in [0.717, 1.165) is 0 Å². The Bertz CT molecular complexity index is 917. The molecule has 146 valence electrons. The number of hydrogen-bond donors (Lipinski definition) is 2. The Morgan fingerprint density at radius 1 is 1.11 bits per heavy atom. The van der Waals surface area contributed by atoms with Gasteiger partial charge < -0.3 is 10.1 Å². The molecule has 0 aromatic heterocycles. The normalized spacial score (nSPS) is 12.7. The SMILES string of the molecule is CC(C)NS(=O)(=O)c1ccc(NC(=O)C(C)Oc2ccc(Cl)cc2Br)cc1. The number of benzene rings is 2. The standard InChI is InChI=1S/C18H20BrClN2O4S/c1-11(2)22-27(24,25)15-7-5-14(6-8-15)21-18(23)12(3)26-17-9-4-13(20)10-16(17)19/h4-12,22H,1-3H3,(H,21,23). The lowest BCUT2D eigenvalue weighted by Crippen LogP contribution is -2.31. The molecule has 0 radical (unpaired) electrons. The third-order valence-electron chi connectivity index (χ3n) is 3.39. The van der Waals surface area contributed by atoms with Crippen LogP contribution in [0, 0.1) is 0 Å². The fourth-order valence-electron chi connectivity index (χ4n) is 2.15. The summed E-state index contributed by atoms with van der Waals surface area (Å²) in [6, 6.07) is 10.7. The molecule has 0 saturated heterocycles. The molecule has 1 atom stereocenters. The van der Waals surface area contributed by atoms with Gasteiger partial charge in [0, 0.05) is 16.8 Å². The van der Waals surface area contributed by atoms with Crippen molar-refractivity contribution in [3.8, 4) is 5.75 Å². The van der Waals surface area contributed by atoms with Crippen LogP contribution < -0.4 is 14.8 Å². The summed E-state index contributed by atoms with van der Waals surface area (Å²) in [6.45, 7) is 5.10. The van der Waals surface area contributed by atoms with E-state index in [1.807, 2.05) is 0 Å². The molecule has 0 heterocycles. The van der Waals surface area contributed by atoms with Crippen LogP contribution in [0.25, 0.3) is 0 Å². The molecule has 0 aliphatic rings. The number of amides is 1. The van der Waals surface area contributed by atoms with E-state index in [1.54, 1.807) is 39.0 Å². The van der Waals surface area contributed by atoms with Gasteiger partial charge in [0.05, 0.1) is 9.37 Å². The molecule has 0 aliphatic heterocycles. The number of sulfonamides is 1. The molecule has 0 fully saturated rings. The quantitative estimate of drug-likeness (QED) is 0.629. The topological polar surface area (TPSA) is 84.5 Å². The fraction of sp³-hybridized carbons (Fsp3) is 0.278. The lowest BCUT2D eigenvalue weighted by atomic mass is 10.3. The fourth-order valence-corrected chi connectivity index (χ4v) is 4.18. The summed E-state index contributed by atoms with van der Waals surface area (Å²) in [5.74, 6) is 0.121. The van der Waals surface area contributed by atoms with Crippen LogP contribution in [-0.2, 0) is 14.8 Å². The largest absolute Gasteiger partial charge is 0.480 e. The van der Waals surface area contributed by atoms with Crippen LogP contribution >= 0.6 is 27.5 Å². The maximum absolute atomic E-state index is 12.3. The molecule has 2 rings (SSSR count). The average Bonchev–Trinajstić information content (AvgIpc) is 2.56. The first-order chi connectivity index (χ1) is 12.6. The number of carbonyl (C=O) groups is 1. The van der Waals surface area contributed by atoms with Crippen LogP contribution in [0.3, 0.4) is 0 Å². The first-order valence-electron chi connectivity index (χ1n) is 8.13. The lowest BCUT2D eigenvalue weighted by Gasteiger charge is -2.16. The number of anilines is 1. The van der Waals surface area contributed by atoms with Gasteiger partial charge >= 0.3 is 0 Å². The van der Waals surface area contributed by atoms with Crippen molar-refractivity contribution in [2.24, 2.45) is 0 Å². The highest BCUT2D eigenvalue weighted by molar-refractivity contribution is 9.10. The van der Waals surface area contributed by atoms with E-state index in [1.165, 1.54) is 24.3 Å². The molecular formula is C18H20BrClN2O4S. The van der Waals surface area contributed by atoms with Gasteiger partial charge in [0.15, 0.2) is 6.10 Å². The monoisotopic (exact) mass is 474 g/mol. The molecule has 6 nitrogen and oxygen atoms in total. The van der Waals surface area contributed by atoms with Gasteiger partial charge in [-0.3, -0.25) is 4.79 Å². The molecule has 0 aliphatic carbocycles. The Hall–Kier alpha value is -1.61. The number of hydrogen-bond acceptors (Lipinski definition) is 4. The van der Waals surface area contributed by atoms with E-state index in [-0.39, 0.29) is 16.8 Å². The van der Waals surface area contributed by atoms with Crippen molar-refractivity contribution < 1.29 is 17.9 Å². The summed E-state index contributed by atoms with van der Waals surface area (Å²) in [5.41, 5.74) is 0.467. The van der Waals surface area contributed by atoms with Gasteiger partial charge in [-0.25, -0.2) is 13.1 Å². The van der Waals surface area contributed by atoms with Gasteiger partial charge in [-0.1, -0.05) is 11.6 Å². The second-order valence-electron chi connectivity index (χ2n) is 6.12. The highest BCUT2D eigenvalue weighted by Crippen LogP contribution is 2.29. The van der Waals surface area contributed by atoms with Crippen LogP contribution in [0.1, 0.15) is 20.8 Å². The van der Waals surface area contributed by atoms with E-state index in [2.05, 4.69) is 26.0 Å². The maximum atomic E-state index is 12.3. The minimum absolute atomic E-state index is 0.128. The van der Waals surface area contributed by atoms with Crippen molar-refractivity contribution in [1.82, 2.24) is 4.72 Å². The zero-order chi connectivity index (χ0) is 20.2. The van der Waals surface area contributed by atoms with Gasteiger partial charge in [-0.05, 0) is 79.2 Å². The van der Waals surface area contributed by atoms with E-state index in [9.17, 15) is 13.2 Å². The highest BCUT2D eigenvalue weighted by atomic mass is 79.9. The summed E-state index contributed by atoms with van der Waals surface area (Å²) < 4.78 is 33.0. The summed E-state index contributed by atoms with van der Waals surface area (Å²) in [4.78, 5) is 12.4. The minimum Gasteiger partial charge on any atom is -0.480 e. The Morgan fingerprint density at radius 3 is 2.30 bits per heavy atom. The lowest BCUT2D eigenvalue weighted by molar-refractivity contribution is -0.122. The molecule has 0 bridgehead atoms. The number of nitrogens with one attached hydrogen (secondary N) is 2. The van der Waals surface area contributed by atoms with Crippen molar-refractivity contribution in [3.63, 3.8) is 0 Å².